The van der Waals surface area contributed by atoms with E-state index in [0.29, 0.717) is 10.6 Å². The third-order valence-corrected chi connectivity index (χ3v) is 2.85. The first-order valence-electron chi connectivity index (χ1n) is 5.27. The zero-order valence-electron chi connectivity index (χ0n) is 9.56. The molecule has 0 spiro atoms. The number of nitrogens with zero attached hydrogens (tertiary/aromatic N) is 1. The van der Waals surface area contributed by atoms with E-state index < -0.39 is 5.97 Å². The Kier molecular flexibility index (Phi) is 4.06. The van der Waals surface area contributed by atoms with Crippen molar-refractivity contribution in [1.29, 1.82) is 5.26 Å². The van der Waals surface area contributed by atoms with Crippen LogP contribution in [0.4, 0.5) is 0 Å². The first-order valence-corrected chi connectivity index (χ1v) is 6.03. The van der Waals surface area contributed by atoms with Crippen LogP contribution in [0.5, 0.6) is 5.75 Å². The molecule has 0 N–H and O–H groups in total. The summed E-state index contributed by atoms with van der Waals surface area (Å²) in [6, 6.07) is 12.7. The van der Waals surface area contributed by atoms with Crippen LogP contribution in [0.25, 0.3) is 0 Å². The molecule has 0 saturated heterocycles. The largest absolute Gasteiger partial charge is 0.421 e. The smallest absolute Gasteiger partial charge is 0.343 e. The molecule has 0 aliphatic heterocycles. The molecule has 0 heterocycles. The number of carbonyl (C=O) groups excluding carboxylic acids is 1. The number of nitriles is 1. The van der Waals surface area contributed by atoms with Crippen LogP contribution in [0.3, 0.4) is 0 Å². The summed E-state index contributed by atoms with van der Waals surface area (Å²) in [6.07, 6.45) is 0. The number of benzene rings is 2. The highest BCUT2D eigenvalue weighted by molar-refractivity contribution is 6.35. The summed E-state index contributed by atoms with van der Waals surface area (Å²) < 4.78 is 5.15. The van der Waals surface area contributed by atoms with Crippen molar-refractivity contribution in [2.45, 2.75) is 0 Å². The second-order valence-corrected chi connectivity index (χ2v) is 4.50. The topological polar surface area (TPSA) is 50.1 Å². The molecule has 0 unspecified atom stereocenters. The Morgan fingerprint density at radius 2 is 1.95 bits per heavy atom. The van der Waals surface area contributed by atoms with Gasteiger partial charge in [-0.3, -0.25) is 0 Å². The molecule has 0 radical (unpaired) electrons. The van der Waals surface area contributed by atoms with Gasteiger partial charge < -0.3 is 4.74 Å². The Bertz CT molecular complexity index is 677. The van der Waals surface area contributed by atoms with E-state index in [1.54, 1.807) is 24.3 Å². The van der Waals surface area contributed by atoms with Gasteiger partial charge in [-0.1, -0.05) is 29.3 Å². The summed E-state index contributed by atoms with van der Waals surface area (Å²) in [4.78, 5) is 11.9. The minimum absolute atomic E-state index is 0.221. The molecule has 19 heavy (non-hydrogen) atoms. The van der Waals surface area contributed by atoms with E-state index >= 15 is 0 Å². The molecular weight excluding hydrogens is 285 g/mol. The highest BCUT2D eigenvalue weighted by Crippen LogP contribution is 2.28. The SMILES string of the molecule is N#Cc1cccc(C(=O)Oc2ccc(Cl)cc2Cl)c1. The van der Waals surface area contributed by atoms with Crippen LogP contribution in [0.1, 0.15) is 15.9 Å². The number of ether oxygens (including phenoxy) is 1. The Morgan fingerprint density at radius 1 is 1.16 bits per heavy atom. The van der Waals surface area contributed by atoms with E-state index in [0.717, 1.165) is 0 Å². The van der Waals surface area contributed by atoms with Gasteiger partial charge in [0, 0.05) is 5.02 Å². The molecule has 0 atom stereocenters. The second kappa shape index (κ2) is 5.75. The van der Waals surface area contributed by atoms with Crippen molar-refractivity contribution in [2.75, 3.05) is 0 Å². The summed E-state index contributed by atoms with van der Waals surface area (Å²) in [6.45, 7) is 0. The molecule has 0 saturated carbocycles. The monoisotopic (exact) mass is 291 g/mol. The maximum atomic E-state index is 11.9. The number of hydrogen-bond acceptors (Lipinski definition) is 3. The quantitative estimate of drug-likeness (QED) is 0.619. The van der Waals surface area contributed by atoms with Gasteiger partial charge in [-0.25, -0.2) is 4.79 Å². The number of rotatable bonds is 2. The molecule has 0 aliphatic rings. The minimum Gasteiger partial charge on any atom is -0.421 e. The van der Waals surface area contributed by atoms with Crippen LogP contribution in [0.2, 0.25) is 10.0 Å². The van der Waals surface area contributed by atoms with Crippen molar-refractivity contribution in [3.05, 3.63) is 63.6 Å². The predicted molar refractivity (Wildman–Crippen MR) is 72.6 cm³/mol. The minimum atomic E-state index is -0.582. The number of esters is 1. The maximum absolute atomic E-state index is 11.9. The van der Waals surface area contributed by atoms with Gasteiger partial charge >= 0.3 is 5.97 Å². The fourth-order valence-electron chi connectivity index (χ4n) is 1.43. The number of halogens is 2. The van der Waals surface area contributed by atoms with Crippen LogP contribution in [-0.2, 0) is 0 Å². The molecule has 0 fully saturated rings. The molecule has 0 bridgehead atoms. The Morgan fingerprint density at radius 3 is 2.63 bits per heavy atom. The van der Waals surface area contributed by atoms with E-state index in [4.69, 9.17) is 33.2 Å². The van der Waals surface area contributed by atoms with E-state index in [-0.39, 0.29) is 16.3 Å². The lowest BCUT2D eigenvalue weighted by Gasteiger charge is -2.06. The molecule has 2 aromatic carbocycles. The van der Waals surface area contributed by atoms with Crippen LogP contribution in [0, 0.1) is 11.3 Å². The van der Waals surface area contributed by atoms with Crippen molar-refractivity contribution >= 4 is 29.2 Å². The van der Waals surface area contributed by atoms with Gasteiger partial charge in [0.05, 0.1) is 22.2 Å². The third kappa shape index (κ3) is 3.25. The summed E-state index contributed by atoms with van der Waals surface area (Å²) in [7, 11) is 0. The van der Waals surface area contributed by atoms with Crippen molar-refractivity contribution in [2.24, 2.45) is 0 Å². The molecule has 0 amide bonds. The number of carbonyl (C=O) groups is 1. The molecule has 0 aromatic heterocycles. The summed E-state index contributed by atoms with van der Waals surface area (Å²) in [5.74, 6) is -0.361. The van der Waals surface area contributed by atoms with Crippen molar-refractivity contribution in [3.63, 3.8) is 0 Å². The van der Waals surface area contributed by atoms with Crippen LogP contribution in [-0.4, -0.2) is 5.97 Å². The van der Waals surface area contributed by atoms with Gasteiger partial charge in [-0.2, -0.15) is 5.26 Å². The van der Waals surface area contributed by atoms with Crippen molar-refractivity contribution in [1.82, 2.24) is 0 Å². The van der Waals surface area contributed by atoms with Crippen LogP contribution in [0.15, 0.2) is 42.5 Å². The van der Waals surface area contributed by atoms with E-state index in [9.17, 15) is 4.79 Å². The second-order valence-electron chi connectivity index (χ2n) is 3.66. The molecule has 2 aromatic rings. The molecular formula is C14H7Cl2NO2. The normalized spacial score (nSPS) is 9.74. The maximum Gasteiger partial charge on any atom is 0.343 e. The fraction of sp³-hybridized carbons (Fsp3) is 0. The number of hydrogen-bond donors (Lipinski definition) is 0. The zero-order valence-corrected chi connectivity index (χ0v) is 11.1. The van der Waals surface area contributed by atoms with Gasteiger partial charge in [0.15, 0.2) is 0 Å². The lowest BCUT2D eigenvalue weighted by atomic mass is 10.1. The molecule has 2 rings (SSSR count). The average Bonchev–Trinajstić information content (AvgIpc) is 2.42. The first-order chi connectivity index (χ1) is 9.10. The molecule has 3 nitrogen and oxygen atoms in total. The van der Waals surface area contributed by atoms with E-state index in [1.165, 1.54) is 18.2 Å². The highest BCUT2D eigenvalue weighted by atomic mass is 35.5. The van der Waals surface area contributed by atoms with E-state index in [2.05, 4.69) is 0 Å². The highest BCUT2D eigenvalue weighted by Gasteiger charge is 2.11. The van der Waals surface area contributed by atoms with Gasteiger partial charge in [0.2, 0.25) is 0 Å². The van der Waals surface area contributed by atoms with Gasteiger partial charge in [0.1, 0.15) is 5.75 Å². The lowest BCUT2D eigenvalue weighted by molar-refractivity contribution is 0.0735. The van der Waals surface area contributed by atoms with Gasteiger partial charge in [-0.15, -0.1) is 0 Å². The molecule has 0 aliphatic carbocycles. The first kappa shape index (κ1) is 13.4. The fourth-order valence-corrected chi connectivity index (χ4v) is 1.88. The standard InChI is InChI=1S/C14H7Cl2NO2/c15-11-4-5-13(12(16)7-11)19-14(18)10-3-1-2-9(6-10)8-17/h1-7H. The lowest BCUT2D eigenvalue weighted by Crippen LogP contribution is -2.08. The van der Waals surface area contributed by atoms with E-state index in [1.807, 2.05) is 6.07 Å². The van der Waals surface area contributed by atoms with Gasteiger partial charge in [-0.05, 0) is 36.4 Å². The summed E-state index contributed by atoms with van der Waals surface area (Å²) >= 11 is 11.7. The molecule has 5 heteroatoms. The van der Waals surface area contributed by atoms with Crippen molar-refractivity contribution < 1.29 is 9.53 Å². The predicted octanol–water partition coefficient (Wildman–Crippen LogP) is 4.08. The Labute approximate surface area is 119 Å². The van der Waals surface area contributed by atoms with Crippen LogP contribution >= 0.6 is 23.2 Å². The average molecular weight is 292 g/mol. The summed E-state index contributed by atoms with van der Waals surface area (Å²) in [5.41, 5.74) is 0.668. The third-order valence-electron chi connectivity index (χ3n) is 2.32. The Balaban J connectivity index is 2.23. The Hall–Kier alpha value is -2.02. The zero-order chi connectivity index (χ0) is 13.8. The molecule has 94 valence electrons. The van der Waals surface area contributed by atoms with Crippen molar-refractivity contribution in [3.8, 4) is 11.8 Å². The van der Waals surface area contributed by atoms with Crippen LogP contribution < -0.4 is 4.74 Å². The summed E-state index contributed by atoms with van der Waals surface area (Å²) in [5, 5.41) is 9.47. The van der Waals surface area contributed by atoms with Gasteiger partial charge in [0.25, 0.3) is 0 Å².